The summed E-state index contributed by atoms with van der Waals surface area (Å²) in [6, 6.07) is -0.364. The molecule has 108 valence electrons. The van der Waals surface area contributed by atoms with Crippen molar-refractivity contribution in [2.75, 3.05) is 19.6 Å². The van der Waals surface area contributed by atoms with Crippen LogP contribution in [0, 0.1) is 5.92 Å². The minimum Gasteiger partial charge on any atom is -0.341 e. The molecule has 2 saturated heterocycles. The predicted octanol–water partition coefficient (Wildman–Crippen LogP) is 1.44. The molecule has 5 nitrogen and oxygen atoms in total. The topological polar surface area (TPSA) is 52.6 Å². The lowest BCUT2D eigenvalue weighted by atomic mass is 9.86. The number of urea groups is 1. The fourth-order valence-corrected chi connectivity index (χ4v) is 2.97. The van der Waals surface area contributed by atoms with Crippen LogP contribution in [-0.4, -0.2) is 53.0 Å². The number of hydrogen-bond acceptors (Lipinski definition) is 2. The van der Waals surface area contributed by atoms with Crippen molar-refractivity contribution in [3.8, 4) is 0 Å². The molecule has 0 aromatic rings. The molecule has 2 heterocycles. The van der Waals surface area contributed by atoms with Gasteiger partial charge in [-0.2, -0.15) is 0 Å². The Labute approximate surface area is 115 Å². The second-order valence-electron chi connectivity index (χ2n) is 6.66. The number of nitrogens with zero attached hydrogens (tertiary/aromatic N) is 2. The average Bonchev–Trinajstić information content (AvgIpc) is 2.31. The summed E-state index contributed by atoms with van der Waals surface area (Å²) < 4.78 is 0. The molecule has 0 saturated carbocycles. The van der Waals surface area contributed by atoms with E-state index in [1.165, 1.54) is 0 Å². The molecule has 2 bridgehead atoms. The minimum atomic E-state index is -0.268. The number of rotatable bonds is 1. The fraction of sp³-hybridized carbons (Fsp3) is 0.857. The van der Waals surface area contributed by atoms with E-state index in [-0.39, 0.29) is 23.5 Å². The Hall–Kier alpha value is -1.26. The number of piperidine rings is 2. The first-order valence-electron chi connectivity index (χ1n) is 7.19. The van der Waals surface area contributed by atoms with Gasteiger partial charge in [-0.1, -0.05) is 0 Å². The van der Waals surface area contributed by atoms with E-state index in [2.05, 4.69) is 5.32 Å². The maximum Gasteiger partial charge on any atom is 0.318 e. The highest BCUT2D eigenvalue weighted by Gasteiger charge is 2.42. The lowest BCUT2D eigenvalue weighted by Gasteiger charge is -2.46. The number of carbonyl (C=O) groups excluding carboxylic acids is 2. The normalized spacial score (nSPS) is 27.5. The van der Waals surface area contributed by atoms with Crippen LogP contribution in [0.15, 0.2) is 0 Å². The van der Waals surface area contributed by atoms with Gasteiger partial charge in [0.15, 0.2) is 0 Å². The summed E-state index contributed by atoms with van der Waals surface area (Å²) in [5, 5.41) is 2.96. The largest absolute Gasteiger partial charge is 0.341 e. The van der Waals surface area contributed by atoms with Crippen molar-refractivity contribution >= 4 is 11.9 Å². The van der Waals surface area contributed by atoms with Gasteiger partial charge in [-0.15, -0.1) is 0 Å². The third-order valence-electron chi connectivity index (χ3n) is 3.91. The summed E-state index contributed by atoms with van der Waals surface area (Å²) in [5.74, 6) is 0.670. The second kappa shape index (κ2) is 5.02. The van der Waals surface area contributed by atoms with E-state index in [9.17, 15) is 9.59 Å². The van der Waals surface area contributed by atoms with Crippen molar-refractivity contribution in [3.05, 3.63) is 0 Å². The molecular weight excluding hydrogens is 242 g/mol. The van der Waals surface area contributed by atoms with Crippen molar-refractivity contribution in [1.29, 1.82) is 0 Å². The summed E-state index contributed by atoms with van der Waals surface area (Å²) in [4.78, 5) is 28.3. The molecule has 0 aromatic heterocycles. The molecule has 19 heavy (non-hydrogen) atoms. The van der Waals surface area contributed by atoms with Crippen LogP contribution in [0.1, 0.15) is 40.5 Å². The van der Waals surface area contributed by atoms with Crippen molar-refractivity contribution in [3.63, 3.8) is 0 Å². The molecular formula is C14H25N3O2. The van der Waals surface area contributed by atoms with Crippen molar-refractivity contribution in [2.45, 2.75) is 52.1 Å². The van der Waals surface area contributed by atoms with Gasteiger partial charge in [0.1, 0.15) is 6.04 Å². The number of nitrogens with one attached hydrogen (secondary N) is 1. The molecule has 0 aromatic carbocycles. The zero-order valence-corrected chi connectivity index (χ0v) is 12.4. The number of amides is 3. The van der Waals surface area contributed by atoms with Gasteiger partial charge in [0.05, 0.1) is 0 Å². The van der Waals surface area contributed by atoms with E-state index in [4.69, 9.17) is 0 Å². The SMILES string of the molecule is CCN1C[C@H]2CCN(C(=O)NC(C)(C)C)[C@H](C2)C1=O. The van der Waals surface area contributed by atoms with Crippen LogP contribution in [0.3, 0.4) is 0 Å². The molecule has 3 amide bonds. The first kappa shape index (κ1) is 14.2. The average molecular weight is 267 g/mol. The highest BCUT2D eigenvalue weighted by atomic mass is 16.2. The summed E-state index contributed by atoms with van der Waals surface area (Å²) in [5.41, 5.74) is -0.268. The standard InChI is InChI=1S/C14H25N3O2/c1-5-16-9-10-6-7-17(11(8-10)12(16)18)13(19)15-14(2,3)4/h10-11H,5-9H2,1-4H3,(H,15,19)/t10-,11+/m0/s1. The van der Waals surface area contributed by atoms with E-state index in [0.717, 1.165) is 25.9 Å². The van der Waals surface area contributed by atoms with E-state index >= 15 is 0 Å². The second-order valence-corrected chi connectivity index (χ2v) is 6.66. The zero-order chi connectivity index (χ0) is 14.2. The number of hydrogen-bond donors (Lipinski definition) is 1. The fourth-order valence-electron chi connectivity index (χ4n) is 2.97. The van der Waals surface area contributed by atoms with Crippen LogP contribution in [0.5, 0.6) is 0 Å². The molecule has 2 aliphatic heterocycles. The van der Waals surface area contributed by atoms with Gasteiger partial charge in [-0.25, -0.2) is 4.79 Å². The van der Waals surface area contributed by atoms with Crippen LogP contribution in [-0.2, 0) is 4.79 Å². The molecule has 0 aliphatic carbocycles. The van der Waals surface area contributed by atoms with E-state index in [1.807, 2.05) is 32.6 Å². The van der Waals surface area contributed by atoms with Gasteiger partial charge in [-0.3, -0.25) is 4.79 Å². The maximum absolute atomic E-state index is 12.4. The molecule has 2 atom stereocenters. The van der Waals surface area contributed by atoms with Crippen molar-refractivity contribution < 1.29 is 9.59 Å². The van der Waals surface area contributed by atoms with Gasteiger partial charge in [0.2, 0.25) is 5.91 Å². The van der Waals surface area contributed by atoms with Gasteiger partial charge >= 0.3 is 6.03 Å². The van der Waals surface area contributed by atoms with Crippen molar-refractivity contribution in [2.24, 2.45) is 5.92 Å². The molecule has 2 aliphatic rings. The van der Waals surface area contributed by atoms with Crippen LogP contribution in [0.25, 0.3) is 0 Å². The Bertz CT molecular complexity index is 375. The first-order chi connectivity index (χ1) is 8.81. The van der Waals surface area contributed by atoms with Crippen LogP contribution in [0.4, 0.5) is 4.79 Å². The third kappa shape index (κ3) is 3.01. The number of likely N-dealkylation sites (tertiary alicyclic amines) is 2. The Morgan fingerprint density at radius 3 is 2.68 bits per heavy atom. The summed E-state index contributed by atoms with van der Waals surface area (Å²) in [6.07, 6.45) is 1.82. The number of carbonyl (C=O) groups is 2. The van der Waals surface area contributed by atoms with E-state index in [1.54, 1.807) is 4.90 Å². The smallest absolute Gasteiger partial charge is 0.318 e. The van der Waals surface area contributed by atoms with E-state index in [0.29, 0.717) is 12.5 Å². The Morgan fingerprint density at radius 2 is 2.11 bits per heavy atom. The van der Waals surface area contributed by atoms with E-state index < -0.39 is 0 Å². The molecule has 5 heteroatoms. The zero-order valence-electron chi connectivity index (χ0n) is 12.4. The Balaban J connectivity index is 2.10. The van der Waals surface area contributed by atoms with Crippen molar-refractivity contribution in [1.82, 2.24) is 15.1 Å². The van der Waals surface area contributed by atoms with Gasteiger partial charge in [-0.05, 0) is 46.5 Å². The Kier molecular flexibility index (Phi) is 3.74. The molecule has 0 spiro atoms. The molecule has 0 radical (unpaired) electrons. The highest BCUT2D eigenvalue weighted by molar-refractivity contribution is 5.88. The van der Waals surface area contributed by atoms with Gasteiger partial charge in [0.25, 0.3) is 0 Å². The van der Waals surface area contributed by atoms with Crippen LogP contribution >= 0.6 is 0 Å². The molecule has 1 N–H and O–H groups in total. The lowest BCUT2D eigenvalue weighted by molar-refractivity contribution is -0.143. The van der Waals surface area contributed by atoms with Crippen LogP contribution < -0.4 is 5.32 Å². The monoisotopic (exact) mass is 267 g/mol. The summed E-state index contributed by atoms with van der Waals surface area (Å²) in [6.45, 7) is 10.2. The lowest BCUT2D eigenvalue weighted by Crippen LogP contribution is -2.63. The quantitative estimate of drug-likeness (QED) is 0.781. The Morgan fingerprint density at radius 1 is 1.42 bits per heavy atom. The number of fused-ring (bicyclic) bond motifs is 2. The van der Waals surface area contributed by atoms with Crippen LogP contribution in [0.2, 0.25) is 0 Å². The van der Waals surface area contributed by atoms with Gasteiger partial charge < -0.3 is 15.1 Å². The predicted molar refractivity (Wildman–Crippen MR) is 73.8 cm³/mol. The third-order valence-corrected chi connectivity index (χ3v) is 3.91. The summed E-state index contributed by atoms with van der Waals surface area (Å²) >= 11 is 0. The molecule has 2 fully saturated rings. The minimum absolute atomic E-state index is 0.109. The molecule has 2 rings (SSSR count). The highest BCUT2D eigenvalue weighted by Crippen LogP contribution is 2.30. The maximum atomic E-state index is 12.4. The molecule has 0 unspecified atom stereocenters. The first-order valence-corrected chi connectivity index (χ1v) is 7.19. The summed E-state index contributed by atoms with van der Waals surface area (Å²) in [7, 11) is 0. The number of likely N-dealkylation sites (N-methyl/N-ethyl adjacent to an activating group) is 1. The van der Waals surface area contributed by atoms with Gasteiger partial charge in [0, 0.05) is 25.2 Å².